The average molecular weight is 216 g/mol. The van der Waals surface area contributed by atoms with Crippen molar-refractivity contribution in [2.45, 2.75) is 19.1 Å². The van der Waals surface area contributed by atoms with Crippen molar-refractivity contribution in [1.82, 2.24) is 0 Å². The van der Waals surface area contributed by atoms with Crippen LogP contribution in [0.15, 0.2) is 24.3 Å². The Morgan fingerprint density at radius 3 is 2.64 bits per heavy atom. The second kappa shape index (κ2) is 5.20. The second-order valence-corrected chi connectivity index (χ2v) is 3.54. The fourth-order valence-corrected chi connectivity index (χ4v) is 1.19. The van der Waals surface area contributed by atoms with Crippen LogP contribution >= 0.6 is 11.6 Å². The van der Waals surface area contributed by atoms with Gasteiger partial charge in [0, 0.05) is 6.04 Å². The van der Waals surface area contributed by atoms with E-state index in [1.165, 1.54) is 0 Å². The van der Waals surface area contributed by atoms with Crippen molar-refractivity contribution in [2.24, 2.45) is 5.73 Å². The molecule has 14 heavy (non-hydrogen) atoms. The largest absolute Gasteiger partial charge is 0.485 e. The summed E-state index contributed by atoms with van der Waals surface area (Å²) in [6.45, 7) is 1.65. The maximum atomic E-state index is 9.00. The van der Waals surface area contributed by atoms with Crippen molar-refractivity contribution in [3.8, 4) is 5.75 Å². The number of benzene rings is 1. The number of para-hydroxylation sites is 1. The van der Waals surface area contributed by atoms with E-state index >= 15 is 0 Å². The summed E-state index contributed by atoms with van der Waals surface area (Å²) in [5.41, 5.74) is 5.62. The number of ether oxygens (including phenoxy) is 1. The Kier molecular flexibility index (Phi) is 4.20. The molecule has 4 heteroatoms. The summed E-state index contributed by atoms with van der Waals surface area (Å²) < 4.78 is 5.45. The van der Waals surface area contributed by atoms with Gasteiger partial charge in [0.15, 0.2) is 0 Å². The van der Waals surface area contributed by atoms with Crippen LogP contribution in [0.2, 0.25) is 5.02 Å². The van der Waals surface area contributed by atoms with Gasteiger partial charge in [0.05, 0.1) is 11.6 Å². The molecule has 1 aromatic carbocycles. The first kappa shape index (κ1) is 11.3. The molecule has 0 aliphatic carbocycles. The summed E-state index contributed by atoms with van der Waals surface area (Å²) in [6, 6.07) is 6.86. The third kappa shape index (κ3) is 2.87. The van der Waals surface area contributed by atoms with Gasteiger partial charge in [-0.15, -0.1) is 0 Å². The molecule has 0 saturated heterocycles. The highest BCUT2D eigenvalue weighted by molar-refractivity contribution is 6.32. The number of hydrogen-bond donors (Lipinski definition) is 2. The van der Waals surface area contributed by atoms with Crippen molar-refractivity contribution < 1.29 is 9.84 Å². The molecule has 0 heterocycles. The van der Waals surface area contributed by atoms with Gasteiger partial charge in [0.1, 0.15) is 11.9 Å². The lowest BCUT2D eigenvalue weighted by molar-refractivity contribution is 0.0992. The summed E-state index contributed by atoms with van der Waals surface area (Å²) in [4.78, 5) is 0. The monoisotopic (exact) mass is 215 g/mol. The molecule has 0 aliphatic rings. The van der Waals surface area contributed by atoms with Gasteiger partial charge in [-0.2, -0.15) is 0 Å². The Balaban J connectivity index is 2.72. The van der Waals surface area contributed by atoms with Crippen LogP contribution in [-0.2, 0) is 0 Å². The minimum absolute atomic E-state index is 0.122. The molecule has 0 aliphatic heterocycles. The fraction of sp³-hybridized carbons (Fsp3) is 0.400. The Morgan fingerprint density at radius 1 is 1.50 bits per heavy atom. The topological polar surface area (TPSA) is 55.5 Å². The predicted molar refractivity (Wildman–Crippen MR) is 56.6 cm³/mol. The minimum Gasteiger partial charge on any atom is -0.485 e. The molecule has 2 unspecified atom stereocenters. The maximum Gasteiger partial charge on any atom is 0.138 e. The lowest BCUT2D eigenvalue weighted by Crippen LogP contribution is -2.39. The van der Waals surface area contributed by atoms with Crippen LogP contribution in [0.3, 0.4) is 0 Å². The van der Waals surface area contributed by atoms with E-state index in [0.29, 0.717) is 10.8 Å². The molecule has 1 aromatic rings. The number of aliphatic hydroxyl groups is 1. The third-order valence-electron chi connectivity index (χ3n) is 1.88. The molecule has 2 atom stereocenters. The Hall–Kier alpha value is -0.770. The van der Waals surface area contributed by atoms with Gasteiger partial charge in [-0.3, -0.25) is 0 Å². The van der Waals surface area contributed by atoms with Crippen LogP contribution in [0.5, 0.6) is 5.75 Å². The molecule has 78 valence electrons. The number of hydrogen-bond acceptors (Lipinski definition) is 3. The zero-order chi connectivity index (χ0) is 10.6. The normalized spacial score (nSPS) is 14.9. The van der Waals surface area contributed by atoms with E-state index in [1.54, 1.807) is 19.1 Å². The second-order valence-electron chi connectivity index (χ2n) is 3.13. The average Bonchev–Trinajstić information content (AvgIpc) is 2.16. The highest BCUT2D eigenvalue weighted by Gasteiger charge is 2.15. The van der Waals surface area contributed by atoms with Crippen LogP contribution in [-0.4, -0.2) is 23.9 Å². The highest BCUT2D eigenvalue weighted by atomic mass is 35.5. The van der Waals surface area contributed by atoms with Crippen LogP contribution < -0.4 is 10.5 Å². The molecule has 0 radical (unpaired) electrons. The first-order chi connectivity index (χ1) is 6.65. The first-order valence-corrected chi connectivity index (χ1v) is 4.80. The third-order valence-corrected chi connectivity index (χ3v) is 2.19. The predicted octanol–water partition coefficient (Wildman–Crippen LogP) is 1.43. The summed E-state index contributed by atoms with van der Waals surface area (Å²) in [5, 5.41) is 9.52. The molecule has 0 bridgehead atoms. The Bertz CT molecular complexity index is 291. The Morgan fingerprint density at radius 2 is 2.14 bits per heavy atom. The molecule has 0 amide bonds. The lowest BCUT2D eigenvalue weighted by atomic mass is 10.2. The van der Waals surface area contributed by atoms with Crippen molar-refractivity contribution in [1.29, 1.82) is 0 Å². The number of aliphatic hydroxyl groups excluding tert-OH is 1. The molecule has 0 fully saturated rings. The first-order valence-electron chi connectivity index (χ1n) is 4.42. The van der Waals surface area contributed by atoms with E-state index in [-0.39, 0.29) is 12.6 Å². The quantitative estimate of drug-likeness (QED) is 0.799. The number of nitrogens with two attached hydrogens (primary N) is 1. The van der Waals surface area contributed by atoms with Crippen LogP contribution in [0, 0.1) is 0 Å². The van der Waals surface area contributed by atoms with Gasteiger partial charge >= 0.3 is 0 Å². The SMILES string of the molecule is CC(N)C(CO)Oc1ccccc1Cl. The molecular formula is C10H14ClNO2. The molecule has 1 rings (SSSR count). The van der Waals surface area contributed by atoms with E-state index < -0.39 is 6.10 Å². The molecular weight excluding hydrogens is 202 g/mol. The summed E-state index contributed by atoms with van der Waals surface area (Å²) in [7, 11) is 0. The molecule has 3 nitrogen and oxygen atoms in total. The van der Waals surface area contributed by atoms with Gasteiger partial charge in [0.25, 0.3) is 0 Å². The van der Waals surface area contributed by atoms with Crippen molar-refractivity contribution >= 4 is 11.6 Å². The van der Waals surface area contributed by atoms with Crippen LogP contribution in [0.1, 0.15) is 6.92 Å². The highest BCUT2D eigenvalue weighted by Crippen LogP contribution is 2.24. The van der Waals surface area contributed by atoms with Gasteiger partial charge < -0.3 is 15.6 Å². The molecule has 0 spiro atoms. The van der Waals surface area contributed by atoms with E-state index in [9.17, 15) is 0 Å². The van der Waals surface area contributed by atoms with Crippen LogP contribution in [0.4, 0.5) is 0 Å². The zero-order valence-electron chi connectivity index (χ0n) is 7.98. The van der Waals surface area contributed by atoms with Gasteiger partial charge in [-0.05, 0) is 19.1 Å². The maximum absolute atomic E-state index is 9.00. The van der Waals surface area contributed by atoms with Crippen LogP contribution in [0.25, 0.3) is 0 Å². The van der Waals surface area contributed by atoms with Gasteiger partial charge in [-0.1, -0.05) is 23.7 Å². The summed E-state index contributed by atoms with van der Waals surface area (Å²) in [6.07, 6.45) is -0.421. The van der Waals surface area contributed by atoms with Crippen molar-refractivity contribution in [3.63, 3.8) is 0 Å². The number of rotatable bonds is 4. The zero-order valence-corrected chi connectivity index (χ0v) is 8.74. The van der Waals surface area contributed by atoms with E-state index in [4.69, 9.17) is 27.2 Å². The number of halogens is 1. The minimum atomic E-state index is -0.421. The molecule has 3 N–H and O–H groups in total. The molecule has 0 saturated carbocycles. The fourth-order valence-electron chi connectivity index (χ4n) is 1.01. The summed E-state index contributed by atoms with van der Waals surface area (Å²) in [5.74, 6) is 0.547. The summed E-state index contributed by atoms with van der Waals surface area (Å²) >= 11 is 5.88. The van der Waals surface area contributed by atoms with Gasteiger partial charge in [-0.25, -0.2) is 0 Å². The molecule has 0 aromatic heterocycles. The van der Waals surface area contributed by atoms with E-state index in [1.807, 2.05) is 12.1 Å². The van der Waals surface area contributed by atoms with E-state index in [2.05, 4.69) is 0 Å². The van der Waals surface area contributed by atoms with E-state index in [0.717, 1.165) is 0 Å². The smallest absolute Gasteiger partial charge is 0.138 e. The Labute approximate surface area is 88.4 Å². The lowest BCUT2D eigenvalue weighted by Gasteiger charge is -2.20. The van der Waals surface area contributed by atoms with Gasteiger partial charge in [0.2, 0.25) is 0 Å². The standard InChI is InChI=1S/C10H14ClNO2/c1-7(12)10(6-13)14-9-5-3-2-4-8(9)11/h2-5,7,10,13H,6,12H2,1H3. The van der Waals surface area contributed by atoms with Crippen molar-refractivity contribution in [2.75, 3.05) is 6.61 Å². The van der Waals surface area contributed by atoms with Crippen molar-refractivity contribution in [3.05, 3.63) is 29.3 Å².